The van der Waals surface area contributed by atoms with Crippen molar-refractivity contribution in [2.45, 2.75) is 39.0 Å². The molecule has 0 saturated carbocycles. The highest BCUT2D eigenvalue weighted by atomic mass is 16.5. The smallest absolute Gasteiger partial charge is 0.122 e. The Morgan fingerprint density at radius 2 is 2.35 bits per heavy atom. The molecule has 1 N–H and O–H groups in total. The minimum Gasteiger partial charge on any atom is -0.497 e. The standard InChI is InChI=1S/C13H20N2O2/c1-9-6-12(16-3)7-11(15-9)8-14-13-4-5-17-10(13)2/h6-7,10,13-14H,4-5,8H2,1-3H3. The summed E-state index contributed by atoms with van der Waals surface area (Å²) in [6.07, 6.45) is 1.37. The molecule has 2 atom stereocenters. The summed E-state index contributed by atoms with van der Waals surface area (Å²) >= 11 is 0. The third-order valence-corrected chi connectivity index (χ3v) is 3.14. The lowest BCUT2D eigenvalue weighted by Crippen LogP contribution is -2.34. The molecule has 1 aromatic rings. The van der Waals surface area contributed by atoms with Crippen LogP contribution in [0.3, 0.4) is 0 Å². The van der Waals surface area contributed by atoms with E-state index in [0.29, 0.717) is 12.1 Å². The number of rotatable bonds is 4. The number of hydrogen-bond acceptors (Lipinski definition) is 4. The summed E-state index contributed by atoms with van der Waals surface area (Å²) in [6, 6.07) is 4.34. The van der Waals surface area contributed by atoms with Gasteiger partial charge in [-0.15, -0.1) is 0 Å². The Labute approximate surface area is 102 Å². The van der Waals surface area contributed by atoms with Crippen LogP contribution in [0.25, 0.3) is 0 Å². The first-order valence-electron chi connectivity index (χ1n) is 6.05. The lowest BCUT2D eigenvalue weighted by atomic mass is 10.1. The second kappa shape index (κ2) is 5.47. The van der Waals surface area contributed by atoms with Gasteiger partial charge in [0.2, 0.25) is 0 Å². The molecule has 0 bridgehead atoms. The van der Waals surface area contributed by atoms with Gasteiger partial charge in [0.15, 0.2) is 0 Å². The minimum atomic E-state index is 0.293. The van der Waals surface area contributed by atoms with Gasteiger partial charge in [-0.1, -0.05) is 0 Å². The van der Waals surface area contributed by atoms with Crippen LogP contribution in [0.15, 0.2) is 12.1 Å². The Balaban J connectivity index is 1.96. The van der Waals surface area contributed by atoms with Crippen molar-refractivity contribution in [3.63, 3.8) is 0 Å². The first kappa shape index (κ1) is 12.3. The van der Waals surface area contributed by atoms with E-state index in [4.69, 9.17) is 9.47 Å². The average molecular weight is 236 g/mol. The third-order valence-electron chi connectivity index (χ3n) is 3.14. The van der Waals surface area contributed by atoms with Crippen LogP contribution in [-0.4, -0.2) is 30.8 Å². The van der Waals surface area contributed by atoms with E-state index in [1.54, 1.807) is 7.11 Å². The fourth-order valence-electron chi connectivity index (χ4n) is 2.15. The van der Waals surface area contributed by atoms with Gasteiger partial charge in [0.25, 0.3) is 0 Å². The van der Waals surface area contributed by atoms with Crippen LogP contribution in [-0.2, 0) is 11.3 Å². The van der Waals surface area contributed by atoms with Crippen LogP contribution in [0.5, 0.6) is 5.75 Å². The van der Waals surface area contributed by atoms with Crippen molar-refractivity contribution in [2.24, 2.45) is 0 Å². The Kier molecular flexibility index (Phi) is 3.97. The quantitative estimate of drug-likeness (QED) is 0.863. The number of nitrogens with one attached hydrogen (secondary N) is 1. The average Bonchev–Trinajstić information content (AvgIpc) is 2.71. The van der Waals surface area contributed by atoms with Gasteiger partial charge in [-0.2, -0.15) is 0 Å². The molecule has 4 heteroatoms. The Morgan fingerprint density at radius 1 is 1.53 bits per heavy atom. The SMILES string of the molecule is COc1cc(C)nc(CNC2CCOC2C)c1. The maximum absolute atomic E-state index is 5.51. The van der Waals surface area contributed by atoms with E-state index in [9.17, 15) is 0 Å². The largest absolute Gasteiger partial charge is 0.497 e. The van der Waals surface area contributed by atoms with Gasteiger partial charge < -0.3 is 14.8 Å². The highest BCUT2D eigenvalue weighted by Gasteiger charge is 2.23. The van der Waals surface area contributed by atoms with E-state index in [1.807, 2.05) is 19.1 Å². The van der Waals surface area contributed by atoms with Gasteiger partial charge >= 0.3 is 0 Å². The van der Waals surface area contributed by atoms with Gasteiger partial charge in [-0.3, -0.25) is 4.98 Å². The van der Waals surface area contributed by atoms with Crippen LogP contribution in [0.4, 0.5) is 0 Å². The highest BCUT2D eigenvalue weighted by molar-refractivity contribution is 5.26. The first-order chi connectivity index (χ1) is 8.19. The molecule has 1 aliphatic heterocycles. The minimum absolute atomic E-state index is 0.293. The van der Waals surface area contributed by atoms with E-state index in [-0.39, 0.29) is 0 Å². The maximum atomic E-state index is 5.51. The number of nitrogens with zero attached hydrogens (tertiary/aromatic N) is 1. The molecule has 1 aromatic heterocycles. The predicted molar refractivity (Wildman–Crippen MR) is 66.2 cm³/mol. The zero-order chi connectivity index (χ0) is 12.3. The van der Waals surface area contributed by atoms with E-state index >= 15 is 0 Å². The summed E-state index contributed by atoms with van der Waals surface area (Å²) in [5, 5.41) is 3.48. The van der Waals surface area contributed by atoms with Crippen LogP contribution in [0.2, 0.25) is 0 Å². The monoisotopic (exact) mass is 236 g/mol. The van der Waals surface area contributed by atoms with Crippen LogP contribution >= 0.6 is 0 Å². The van der Waals surface area contributed by atoms with Crippen molar-refractivity contribution in [2.75, 3.05) is 13.7 Å². The Morgan fingerprint density at radius 3 is 3.00 bits per heavy atom. The zero-order valence-corrected chi connectivity index (χ0v) is 10.7. The lowest BCUT2D eigenvalue weighted by molar-refractivity contribution is 0.113. The van der Waals surface area contributed by atoms with Gasteiger partial charge in [0.05, 0.1) is 18.9 Å². The number of pyridine rings is 1. The van der Waals surface area contributed by atoms with Crippen molar-refractivity contribution in [1.82, 2.24) is 10.3 Å². The molecule has 17 heavy (non-hydrogen) atoms. The molecule has 1 aliphatic rings. The summed E-state index contributed by atoms with van der Waals surface area (Å²) in [5.74, 6) is 0.866. The molecular weight excluding hydrogens is 216 g/mol. The highest BCUT2D eigenvalue weighted by Crippen LogP contribution is 2.15. The van der Waals surface area contributed by atoms with Crippen LogP contribution in [0, 0.1) is 6.92 Å². The summed E-state index contributed by atoms with van der Waals surface area (Å²) in [5.41, 5.74) is 2.00. The van der Waals surface area contributed by atoms with Crippen molar-refractivity contribution >= 4 is 0 Å². The van der Waals surface area contributed by atoms with E-state index in [2.05, 4.69) is 17.2 Å². The molecule has 1 saturated heterocycles. The fourth-order valence-corrected chi connectivity index (χ4v) is 2.15. The van der Waals surface area contributed by atoms with Crippen molar-refractivity contribution in [1.29, 1.82) is 0 Å². The van der Waals surface area contributed by atoms with Crippen molar-refractivity contribution in [3.05, 3.63) is 23.5 Å². The molecule has 0 aliphatic carbocycles. The molecule has 0 aromatic carbocycles. The van der Waals surface area contributed by atoms with E-state index in [0.717, 1.165) is 36.7 Å². The first-order valence-corrected chi connectivity index (χ1v) is 6.05. The number of ether oxygens (including phenoxy) is 2. The van der Waals surface area contributed by atoms with Crippen LogP contribution < -0.4 is 10.1 Å². The molecule has 0 radical (unpaired) electrons. The summed E-state index contributed by atoms with van der Waals surface area (Å²) in [4.78, 5) is 4.48. The molecule has 2 rings (SSSR count). The zero-order valence-electron chi connectivity index (χ0n) is 10.7. The van der Waals surface area contributed by atoms with Gasteiger partial charge in [0.1, 0.15) is 5.75 Å². The number of methoxy groups -OCH3 is 1. The molecule has 0 amide bonds. The van der Waals surface area contributed by atoms with E-state index < -0.39 is 0 Å². The molecule has 94 valence electrons. The third kappa shape index (κ3) is 3.17. The molecule has 1 fully saturated rings. The summed E-state index contributed by atoms with van der Waals surface area (Å²) < 4.78 is 10.8. The molecular formula is C13H20N2O2. The molecule has 2 heterocycles. The second-order valence-electron chi connectivity index (χ2n) is 4.49. The fraction of sp³-hybridized carbons (Fsp3) is 0.615. The van der Waals surface area contributed by atoms with E-state index in [1.165, 1.54) is 0 Å². The predicted octanol–water partition coefficient (Wildman–Crippen LogP) is 1.67. The number of aryl methyl sites for hydroxylation is 1. The van der Waals surface area contributed by atoms with Gasteiger partial charge in [0, 0.05) is 37.0 Å². The van der Waals surface area contributed by atoms with Crippen molar-refractivity contribution in [3.8, 4) is 5.75 Å². The van der Waals surface area contributed by atoms with Crippen molar-refractivity contribution < 1.29 is 9.47 Å². The summed E-state index contributed by atoms with van der Waals surface area (Å²) in [6.45, 7) is 5.70. The normalized spacial score (nSPS) is 23.9. The topological polar surface area (TPSA) is 43.4 Å². The van der Waals surface area contributed by atoms with Crippen LogP contribution in [0.1, 0.15) is 24.7 Å². The Bertz CT molecular complexity index is 382. The van der Waals surface area contributed by atoms with Gasteiger partial charge in [-0.05, 0) is 20.3 Å². The molecule has 0 spiro atoms. The number of hydrogen-bond donors (Lipinski definition) is 1. The molecule has 4 nitrogen and oxygen atoms in total. The second-order valence-corrected chi connectivity index (χ2v) is 4.49. The Hall–Kier alpha value is -1.13. The summed E-state index contributed by atoms with van der Waals surface area (Å²) in [7, 11) is 1.68. The lowest BCUT2D eigenvalue weighted by Gasteiger charge is -2.16. The van der Waals surface area contributed by atoms with Gasteiger partial charge in [-0.25, -0.2) is 0 Å². The molecule has 2 unspecified atom stereocenters. The maximum Gasteiger partial charge on any atom is 0.122 e. The number of aromatic nitrogens is 1.